The van der Waals surface area contributed by atoms with Crippen LogP contribution in [0.5, 0.6) is 0 Å². The zero-order valence-corrected chi connectivity index (χ0v) is 5.21. The lowest BCUT2D eigenvalue weighted by Gasteiger charge is -2.06. The number of rotatable bonds is 0. The van der Waals surface area contributed by atoms with Gasteiger partial charge >= 0.3 is 0 Å². The van der Waals surface area contributed by atoms with Crippen molar-refractivity contribution in [3.63, 3.8) is 0 Å². The molecule has 0 aromatic carbocycles. The highest BCUT2D eigenvalue weighted by molar-refractivity contribution is 8.23. The van der Waals surface area contributed by atoms with Crippen molar-refractivity contribution in [1.82, 2.24) is 0 Å². The molecule has 1 saturated heterocycles. The van der Waals surface area contributed by atoms with Gasteiger partial charge in [0.2, 0.25) is 0 Å². The average molecular weight is 114 g/mol. The summed E-state index contributed by atoms with van der Waals surface area (Å²) >= 11 is 0. The summed E-state index contributed by atoms with van der Waals surface area (Å²) in [4.78, 5) is 0. The van der Waals surface area contributed by atoms with Crippen LogP contribution in [0.4, 0.5) is 0 Å². The molecule has 0 aromatic heterocycles. The van der Waals surface area contributed by atoms with Crippen LogP contribution in [0.15, 0.2) is 0 Å². The largest absolute Gasteiger partial charge is 0.181 e. The van der Waals surface area contributed by atoms with Crippen LogP contribution in [0.2, 0.25) is 0 Å². The van der Waals surface area contributed by atoms with Crippen LogP contribution in [0.25, 0.3) is 0 Å². The molecule has 0 aromatic rings. The van der Waals surface area contributed by atoms with Crippen molar-refractivity contribution in [2.24, 2.45) is 0 Å². The summed E-state index contributed by atoms with van der Waals surface area (Å²) in [6.45, 7) is 0. The molecule has 0 bridgehead atoms. The number of fused-ring (bicyclic) bond motifs is 1. The third-order valence-corrected chi connectivity index (χ3v) is 4.03. The molecule has 0 saturated carbocycles. The minimum Gasteiger partial charge on any atom is -0.181 e. The second-order valence-corrected chi connectivity index (χ2v) is 4.57. The Morgan fingerprint density at radius 2 is 2.43 bits per heavy atom. The van der Waals surface area contributed by atoms with Crippen LogP contribution >= 0.6 is 10.5 Å². The lowest BCUT2D eigenvalue weighted by Crippen LogP contribution is -1.95. The van der Waals surface area contributed by atoms with Gasteiger partial charge in [-0.15, -0.1) is 0 Å². The summed E-state index contributed by atoms with van der Waals surface area (Å²) in [5, 5.41) is 3.64. The van der Waals surface area contributed by atoms with E-state index in [-0.39, 0.29) is 0 Å². The van der Waals surface area contributed by atoms with E-state index in [1.807, 2.05) is 0 Å². The van der Waals surface area contributed by atoms with Gasteiger partial charge in [0.1, 0.15) is 0 Å². The van der Waals surface area contributed by atoms with Crippen LogP contribution in [-0.4, -0.2) is 16.4 Å². The molecule has 7 heavy (non-hydrogen) atoms. The maximum absolute atomic E-state index is 2.53. The normalized spacial score (nSPS) is 46.9. The minimum absolute atomic E-state index is 0.851. The highest BCUT2D eigenvalue weighted by atomic mass is 32.2. The number of hydrogen-bond acceptors (Lipinski definition) is 0. The summed E-state index contributed by atoms with van der Waals surface area (Å²) in [6.07, 6.45) is 4.53. The third kappa shape index (κ3) is 0.634. The fourth-order valence-corrected chi connectivity index (χ4v) is 3.36. The van der Waals surface area contributed by atoms with Crippen molar-refractivity contribution in [3.8, 4) is 0 Å². The fourth-order valence-electron chi connectivity index (χ4n) is 1.22. The molecule has 2 aliphatic rings. The first kappa shape index (κ1) is 4.13. The predicted octanol–water partition coefficient (Wildman–Crippen LogP) is 1.62. The Hall–Kier alpha value is 0.220. The summed E-state index contributed by atoms with van der Waals surface area (Å²) in [7, 11) is 0.851. The van der Waals surface area contributed by atoms with Crippen LogP contribution < -0.4 is 0 Å². The summed E-state index contributed by atoms with van der Waals surface area (Å²) in [5.74, 6) is 1.53. The molecule has 2 heterocycles. The molecule has 0 aliphatic carbocycles. The molecule has 2 rings (SSSR count). The quantitative estimate of drug-likeness (QED) is 0.420. The summed E-state index contributed by atoms with van der Waals surface area (Å²) in [6, 6.07) is 0. The van der Waals surface area contributed by atoms with Gasteiger partial charge < -0.3 is 0 Å². The van der Waals surface area contributed by atoms with Crippen LogP contribution in [0.1, 0.15) is 19.3 Å². The first-order valence-corrected chi connectivity index (χ1v) is 4.52. The lowest BCUT2D eigenvalue weighted by molar-refractivity contribution is 0.748. The fraction of sp³-hybridized carbons (Fsp3) is 0.833. The molecular formula is C6H10S. The monoisotopic (exact) mass is 114 g/mol. The molecule has 2 aliphatic heterocycles. The molecule has 0 N–H and O–H groups in total. The molecule has 1 heteroatoms. The van der Waals surface area contributed by atoms with E-state index in [4.69, 9.17) is 0 Å². The van der Waals surface area contributed by atoms with Crippen LogP contribution in [0, 0.1) is 0 Å². The summed E-state index contributed by atoms with van der Waals surface area (Å²) < 4.78 is 0. The predicted molar refractivity (Wildman–Crippen MR) is 36.2 cm³/mol. The van der Waals surface area contributed by atoms with Crippen molar-refractivity contribution in [2.75, 3.05) is 5.75 Å². The Morgan fingerprint density at radius 1 is 1.43 bits per heavy atom. The van der Waals surface area contributed by atoms with E-state index in [0.717, 1.165) is 15.7 Å². The molecule has 2 atom stereocenters. The van der Waals surface area contributed by atoms with Gasteiger partial charge in [0.05, 0.1) is 0 Å². The Morgan fingerprint density at radius 3 is 3.00 bits per heavy atom. The van der Waals surface area contributed by atoms with E-state index in [1.165, 1.54) is 25.0 Å². The molecule has 1 unspecified atom stereocenters. The first-order valence-electron chi connectivity index (χ1n) is 3.00. The Bertz CT molecular complexity index is 115. The van der Waals surface area contributed by atoms with Gasteiger partial charge in [0, 0.05) is 5.25 Å². The second-order valence-electron chi connectivity index (χ2n) is 2.34. The Labute approximate surface area is 46.8 Å². The van der Waals surface area contributed by atoms with Gasteiger partial charge in [-0.05, 0) is 24.0 Å². The SMILES string of the molecule is C1=S2CCCC[C@@H]12. The van der Waals surface area contributed by atoms with E-state index in [0.29, 0.717) is 0 Å². The molecular weight excluding hydrogens is 104 g/mol. The van der Waals surface area contributed by atoms with E-state index in [1.54, 1.807) is 0 Å². The molecule has 0 radical (unpaired) electrons. The molecule has 40 valence electrons. The van der Waals surface area contributed by atoms with Gasteiger partial charge in [-0.3, -0.25) is 0 Å². The van der Waals surface area contributed by atoms with Gasteiger partial charge in [0.15, 0.2) is 0 Å². The van der Waals surface area contributed by atoms with Crippen LogP contribution in [-0.2, 0) is 0 Å². The number of hydrogen-bond donors (Lipinski definition) is 0. The molecule has 0 spiro atoms. The van der Waals surface area contributed by atoms with Crippen molar-refractivity contribution in [2.45, 2.75) is 24.5 Å². The highest BCUT2D eigenvalue weighted by Crippen LogP contribution is 2.41. The van der Waals surface area contributed by atoms with Crippen LogP contribution in [0.3, 0.4) is 0 Å². The van der Waals surface area contributed by atoms with Gasteiger partial charge in [-0.25, -0.2) is 0 Å². The van der Waals surface area contributed by atoms with Crippen molar-refractivity contribution < 1.29 is 0 Å². The first-order chi connectivity index (χ1) is 3.47. The van der Waals surface area contributed by atoms with Gasteiger partial charge in [-0.2, -0.15) is 10.5 Å². The summed E-state index contributed by atoms with van der Waals surface area (Å²) in [5.41, 5.74) is 0. The van der Waals surface area contributed by atoms with Crippen molar-refractivity contribution in [3.05, 3.63) is 0 Å². The van der Waals surface area contributed by atoms with E-state index < -0.39 is 0 Å². The topological polar surface area (TPSA) is 0 Å². The van der Waals surface area contributed by atoms with E-state index in [9.17, 15) is 0 Å². The molecule has 0 amide bonds. The Kier molecular flexibility index (Phi) is 0.795. The average Bonchev–Trinajstić information content (AvgIpc) is 2.41. The van der Waals surface area contributed by atoms with Crippen molar-refractivity contribution in [1.29, 1.82) is 0 Å². The molecule has 0 nitrogen and oxygen atoms in total. The maximum Gasteiger partial charge on any atom is 0.0228 e. The maximum atomic E-state index is 2.53. The zero-order valence-electron chi connectivity index (χ0n) is 4.39. The van der Waals surface area contributed by atoms with Gasteiger partial charge in [-0.1, -0.05) is 6.42 Å². The molecule has 1 fully saturated rings. The van der Waals surface area contributed by atoms with Gasteiger partial charge in [0.25, 0.3) is 0 Å². The zero-order chi connectivity index (χ0) is 4.69. The third-order valence-electron chi connectivity index (χ3n) is 1.76. The van der Waals surface area contributed by atoms with E-state index in [2.05, 4.69) is 5.37 Å². The smallest absolute Gasteiger partial charge is 0.0228 e. The Balaban J connectivity index is 2.02. The van der Waals surface area contributed by atoms with Crippen molar-refractivity contribution >= 4 is 15.9 Å². The standard InChI is InChI=1S/C6H10S/c1-2-4-7-5-6(7)3-1/h5-6H,1-4H2/t6-,7?/m0/s1. The minimum atomic E-state index is 0.851. The second kappa shape index (κ2) is 1.35. The van der Waals surface area contributed by atoms with E-state index >= 15 is 0 Å². The highest BCUT2D eigenvalue weighted by Gasteiger charge is 2.25. The lowest BCUT2D eigenvalue weighted by atomic mass is 10.2.